The molecule has 136 valence electrons. The number of carbonyl (C=O) groups is 1. The third kappa shape index (κ3) is 6.27. The summed E-state index contributed by atoms with van der Waals surface area (Å²) in [6.45, 7) is 7.60. The van der Waals surface area contributed by atoms with E-state index < -0.39 is 0 Å². The maximum atomic E-state index is 11.3. The van der Waals surface area contributed by atoms with E-state index in [2.05, 4.69) is 25.6 Å². The lowest BCUT2D eigenvalue weighted by Gasteiger charge is -2.34. The highest BCUT2D eigenvalue weighted by atomic mass is 127. The summed E-state index contributed by atoms with van der Waals surface area (Å²) in [7, 11) is 3.69. The van der Waals surface area contributed by atoms with Crippen LogP contribution in [0.2, 0.25) is 0 Å². The molecule has 2 rings (SSSR count). The van der Waals surface area contributed by atoms with E-state index in [1.165, 1.54) is 0 Å². The van der Waals surface area contributed by atoms with Crippen molar-refractivity contribution in [1.82, 2.24) is 30.2 Å². The number of halogens is 1. The fraction of sp³-hybridized carbons (Fsp3) is 0.667. The number of guanidine groups is 1. The minimum Gasteiger partial charge on any atom is -0.355 e. The van der Waals surface area contributed by atoms with Gasteiger partial charge in [0.05, 0.1) is 12.2 Å². The van der Waals surface area contributed by atoms with Crippen LogP contribution >= 0.6 is 24.0 Å². The first-order valence-corrected chi connectivity index (χ1v) is 7.99. The lowest BCUT2D eigenvalue weighted by atomic mass is 10.3. The second-order valence-electron chi connectivity index (χ2n) is 5.65. The van der Waals surface area contributed by atoms with E-state index >= 15 is 0 Å². The molecule has 0 saturated carbocycles. The van der Waals surface area contributed by atoms with E-state index in [4.69, 9.17) is 0 Å². The number of carbonyl (C=O) groups excluding carboxylic acids is 1. The molecule has 0 atom stereocenters. The van der Waals surface area contributed by atoms with Crippen molar-refractivity contribution in [3.8, 4) is 0 Å². The number of aliphatic imine (C=N–C) groups is 1. The molecule has 2 N–H and O–H groups in total. The van der Waals surface area contributed by atoms with Crippen LogP contribution in [0, 0.1) is 0 Å². The van der Waals surface area contributed by atoms with E-state index in [1.54, 1.807) is 20.2 Å². The van der Waals surface area contributed by atoms with Gasteiger partial charge in [-0.15, -0.1) is 24.0 Å². The number of piperazine rings is 1. The second kappa shape index (κ2) is 10.5. The molecule has 9 heteroatoms. The summed E-state index contributed by atoms with van der Waals surface area (Å²) in [6.07, 6.45) is 1.79. The van der Waals surface area contributed by atoms with Gasteiger partial charge < -0.3 is 15.5 Å². The molecule has 1 saturated heterocycles. The summed E-state index contributed by atoms with van der Waals surface area (Å²) < 4.78 is 1.84. The summed E-state index contributed by atoms with van der Waals surface area (Å²) in [5, 5.41) is 10.7. The summed E-state index contributed by atoms with van der Waals surface area (Å²) in [5.74, 6) is 0.955. The van der Waals surface area contributed by atoms with Crippen LogP contribution in [0.5, 0.6) is 0 Å². The van der Waals surface area contributed by atoms with Gasteiger partial charge in [0.25, 0.3) is 0 Å². The molecule has 1 fully saturated rings. The number of amides is 1. The average Bonchev–Trinajstić information content (AvgIpc) is 2.96. The van der Waals surface area contributed by atoms with Gasteiger partial charge in [-0.2, -0.15) is 5.10 Å². The standard InChI is InChI=1S/C15H27N7O.HI/c1-13(23)22-10-8-21(9-11-22)7-6-17-15(16-2)18-12-14-4-5-19-20(14)3;/h4-5H,6-12H2,1-3H3,(H2,16,17,18);1H. The lowest BCUT2D eigenvalue weighted by molar-refractivity contribution is -0.130. The highest BCUT2D eigenvalue weighted by molar-refractivity contribution is 14.0. The third-order valence-electron chi connectivity index (χ3n) is 4.12. The quantitative estimate of drug-likeness (QED) is 0.372. The van der Waals surface area contributed by atoms with Crippen molar-refractivity contribution in [2.75, 3.05) is 46.3 Å². The maximum absolute atomic E-state index is 11.3. The monoisotopic (exact) mass is 449 g/mol. The van der Waals surface area contributed by atoms with Gasteiger partial charge in [-0.1, -0.05) is 0 Å². The minimum absolute atomic E-state index is 0. The van der Waals surface area contributed by atoms with Crippen molar-refractivity contribution in [2.24, 2.45) is 12.0 Å². The largest absolute Gasteiger partial charge is 0.355 e. The molecule has 0 aromatic carbocycles. The first kappa shape index (κ1) is 20.7. The van der Waals surface area contributed by atoms with Gasteiger partial charge in [0, 0.05) is 66.5 Å². The second-order valence-corrected chi connectivity index (χ2v) is 5.65. The Balaban J connectivity index is 0.00000288. The number of hydrogen-bond acceptors (Lipinski definition) is 4. The zero-order chi connectivity index (χ0) is 16.7. The van der Waals surface area contributed by atoms with Crippen LogP contribution in [-0.4, -0.2) is 77.8 Å². The Labute approximate surface area is 160 Å². The molecule has 1 aliphatic rings. The van der Waals surface area contributed by atoms with Gasteiger partial charge in [-0.05, 0) is 6.07 Å². The van der Waals surface area contributed by atoms with Crippen molar-refractivity contribution in [2.45, 2.75) is 13.5 Å². The van der Waals surface area contributed by atoms with E-state index in [0.29, 0.717) is 6.54 Å². The van der Waals surface area contributed by atoms with Crippen LogP contribution in [0.4, 0.5) is 0 Å². The van der Waals surface area contributed by atoms with Crippen LogP contribution in [0.25, 0.3) is 0 Å². The molecule has 2 heterocycles. The van der Waals surface area contributed by atoms with Gasteiger partial charge >= 0.3 is 0 Å². The number of rotatable bonds is 5. The van der Waals surface area contributed by atoms with Crippen LogP contribution in [0.15, 0.2) is 17.3 Å². The predicted octanol–water partition coefficient (Wildman–Crippen LogP) is -0.133. The van der Waals surface area contributed by atoms with Crippen molar-refractivity contribution in [1.29, 1.82) is 0 Å². The highest BCUT2D eigenvalue weighted by Gasteiger charge is 2.17. The zero-order valence-electron chi connectivity index (χ0n) is 14.7. The van der Waals surface area contributed by atoms with Gasteiger partial charge in [0.2, 0.25) is 5.91 Å². The molecule has 1 aromatic heterocycles. The summed E-state index contributed by atoms with van der Waals surface area (Å²) in [6, 6.07) is 1.98. The molecule has 1 aromatic rings. The zero-order valence-corrected chi connectivity index (χ0v) is 17.0. The molecule has 24 heavy (non-hydrogen) atoms. The van der Waals surface area contributed by atoms with E-state index in [-0.39, 0.29) is 29.9 Å². The third-order valence-corrected chi connectivity index (χ3v) is 4.12. The molecule has 1 amide bonds. The Morgan fingerprint density at radius 2 is 2.00 bits per heavy atom. The number of nitrogens with zero attached hydrogens (tertiary/aromatic N) is 5. The molecular weight excluding hydrogens is 421 g/mol. The average molecular weight is 449 g/mol. The molecule has 0 aliphatic carbocycles. The Bertz CT molecular complexity index is 538. The SMILES string of the molecule is CN=C(NCCN1CCN(C(C)=O)CC1)NCc1ccnn1C.I. The number of aryl methyl sites for hydroxylation is 1. The van der Waals surface area contributed by atoms with Crippen molar-refractivity contribution in [3.63, 3.8) is 0 Å². The Kier molecular flexibility index (Phi) is 9.04. The minimum atomic E-state index is 0. The number of aromatic nitrogens is 2. The molecule has 1 aliphatic heterocycles. The predicted molar refractivity (Wildman–Crippen MR) is 106 cm³/mol. The lowest BCUT2D eigenvalue weighted by Crippen LogP contribution is -2.50. The van der Waals surface area contributed by atoms with Gasteiger partial charge in [-0.25, -0.2) is 0 Å². The maximum Gasteiger partial charge on any atom is 0.219 e. The molecule has 0 radical (unpaired) electrons. The van der Waals surface area contributed by atoms with Crippen LogP contribution in [0.3, 0.4) is 0 Å². The highest BCUT2D eigenvalue weighted by Crippen LogP contribution is 2.01. The molecule has 0 spiro atoms. The Morgan fingerprint density at radius 3 is 2.54 bits per heavy atom. The molecular formula is C15H28IN7O. The normalized spacial score (nSPS) is 15.8. The summed E-state index contributed by atoms with van der Waals surface area (Å²) in [4.78, 5) is 19.8. The fourth-order valence-corrected chi connectivity index (χ4v) is 2.59. The van der Waals surface area contributed by atoms with Gasteiger partial charge in [-0.3, -0.25) is 19.4 Å². The van der Waals surface area contributed by atoms with E-state index in [1.807, 2.05) is 22.7 Å². The van der Waals surface area contributed by atoms with Crippen molar-refractivity contribution in [3.05, 3.63) is 18.0 Å². The molecule has 0 unspecified atom stereocenters. The molecule has 8 nitrogen and oxygen atoms in total. The van der Waals surface area contributed by atoms with Crippen molar-refractivity contribution < 1.29 is 4.79 Å². The number of nitrogens with one attached hydrogen (secondary N) is 2. The number of hydrogen-bond donors (Lipinski definition) is 2. The smallest absolute Gasteiger partial charge is 0.219 e. The summed E-state index contributed by atoms with van der Waals surface area (Å²) in [5.41, 5.74) is 1.10. The van der Waals surface area contributed by atoms with E-state index in [9.17, 15) is 4.79 Å². The van der Waals surface area contributed by atoms with E-state index in [0.717, 1.165) is 50.9 Å². The summed E-state index contributed by atoms with van der Waals surface area (Å²) >= 11 is 0. The van der Waals surface area contributed by atoms with Crippen LogP contribution < -0.4 is 10.6 Å². The van der Waals surface area contributed by atoms with Crippen molar-refractivity contribution >= 4 is 35.8 Å². The van der Waals surface area contributed by atoms with Gasteiger partial charge in [0.1, 0.15) is 0 Å². The van der Waals surface area contributed by atoms with Gasteiger partial charge in [0.15, 0.2) is 5.96 Å². The topological polar surface area (TPSA) is 77.8 Å². The fourth-order valence-electron chi connectivity index (χ4n) is 2.59. The Morgan fingerprint density at radius 1 is 1.29 bits per heavy atom. The Hall–Kier alpha value is -1.36. The van der Waals surface area contributed by atoms with Crippen LogP contribution in [0.1, 0.15) is 12.6 Å². The van der Waals surface area contributed by atoms with Crippen LogP contribution in [-0.2, 0) is 18.4 Å². The first-order chi connectivity index (χ1) is 11.1. The first-order valence-electron chi connectivity index (χ1n) is 7.99. The molecule has 0 bridgehead atoms.